The van der Waals surface area contributed by atoms with Crippen LogP contribution in [-0.4, -0.2) is 11.0 Å². The molecule has 0 aliphatic carbocycles. The lowest BCUT2D eigenvalue weighted by Gasteiger charge is -2.12. The molecule has 0 heterocycles. The number of benzene rings is 2. The summed E-state index contributed by atoms with van der Waals surface area (Å²) in [4.78, 5) is 11.7. The molecule has 0 saturated carbocycles. The van der Waals surface area contributed by atoms with Crippen molar-refractivity contribution in [1.82, 2.24) is 5.43 Å². The highest BCUT2D eigenvalue weighted by atomic mass is 16.3. The van der Waals surface area contributed by atoms with Crippen molar-refractivity contribution in [3.63, 3.8) is 0 Å². The summed E-state index contributed by atoms with van der Waals surface area (Å²) in [5.74, 6) is -0.264. The van der Waals surface area contributed by atoms with Crippen molar-refractivity contribution in [2.24, 2.45) is 0 Å². The molecule has 2 rings (SSSR count). The van der Waals surface area contributed by atoms with Crippen LogP contribution in [0.4, 0.5) is 5.69 Å². The lowest BCUT2D eigenvalue weighted by molar-refractivity contribution is -0.122. The first-order valence-corrected chi connectivity index (χ1v) is 6.08. The van der Waals surface area contributed by atoms with E-state index in [-0.39, 0.29) is 12.3 Å². The van der Waals surface area contributed by atoms with Gasteiger partial charge in [0.25, 0.3) is 0 Å². The van der Waals surface area contributed by atoms with Crippen molar-refractivity contribution in [1.29, 1.82) is 0 Å². The van der Waals surface area contributed by atoms with Gasteiger partial charge >= 0.3 is 0 Å². The van der Waals surface area contributed by atoms with Gasteiger partial charge in [-0.1, -0.05) is 48.5 Å². The smallest absolute Gasteiger partial charge is 0.241 e. The van der Waals surface area contributed by atoms with Crippen LogP contribution in [0.2, 0.25) is 0 Å². The zero-order valence-electron chi connectivity index (χ0n) is 10.4. The summed E-state index contributed by atoms with van der Waals surface area (Å²) in [5.41, 5.74) is 6.87. The van der Waals surface area contributed by atoms with Crippen LogP contribution in [0.5, 0.6) is 0 Å². The summed E-state index contributed by atoms with van der Waals surface area (Å²) in [6.07, 6.45) is -0.775. The molecule has 19 heavy (non-hydrogen) atoms. The number of rotatable bonds is 5. The number of hydrazine groups is 1. The number of carbonyl (C=O) groups excluding carboxylic acids is 1. The monoisotopic (exact) mass is 256 g/mol. The fourth-order valence-electron chi connectivity index (χ4n) is 1.68. The maximum Gasteiger partial charge on any atom is 0.241 e. The Labute approximate surface area is 112 Å². The lowest BCUT2D eigenvalue weighted by atomic mass is 10.1. The predicted octanol–water partition coefficient (Wildman–Crippen LogP) is 2.25. The number of aliphatic hydroxyl groups is 1. The average molecular weight is 256 g/mol. The van der Waals surface area contributed by atoms with E-state index in [9.17, 15) is 9.90 Å². The molecule has 0 aromatic heterocycles. The summed E-state index contributed by atoms with van der Waals surface area (Å²) in [6.45, 7) is 0. The van der Waals surface area contributed by atoms with Crippen LogP contribution in [0.3, 0.4) is 0 Å². The zero-order chi connectivity index (χ0) is 13.5. The molecule has 3 N–H and O–H groups in total. The maximum absolute atomic E-state index is 11.7. The SMILES string of the molecule is O=C(CC(O)c1ccccc1)NNc1ccccc1. The first-order chi connectivity index (χ1) is 9.25. The largest absolute Gasteiger partial charge is 0.388 e. The molecular weight excluding hydrogens is 240 g/mol. The molecule has 0 bridgehead atoms. The number of nitrogens with one attached hydrogen (secondary N) is 2. The van der Waals surface area contributed by atoms with E-state index < -0.39 is 6.10 Å². The molecule has 0 saturated heterocycles. The second-order valence-corrected chi connectivity index (χ2v) is 4.17. The molecule has 0 fully saturated rings. The minimum atomic E-state index is -0.793. The Hall–Kier alpha value is -2.33. The summed E-state index contributed by atoms with van der Waals surface area (Å²) >= 11 is 0. The summed E-state index contributed by atoms with van der Waals surface area (Å²) in [5, 5.41) is 9.90. The van der Waals surface area contributed by atoms with Crippen molar-refractivity contribution in [3.8, 4) is 0 Å². The predicted molar refractivity (Wildman–Crippen MR) is 74.2 cm³/mol. The molecule has 1 atom stereocenters. The molecule has 2 aromatic carbocycles. The molecule has 1 unspecified atom stereocenters. The number of amides is 1. The van der Waals surface area contributed by atoms with Gasteiger partial charge in [-0.05, 0) is 17.7 Å². The number of carbonyl (C=O) groups is 1. The number of hydrogen-bond donors (Lipinski definition) is 3. The van der Waals surface area contributed by atoms with Crippen LogP contribution in [0.1, 0.15) is 18.1 Å². The van der Waals surface area contributed by atoms with Gasteiger partial charge in [0.15, 0.2) is 0 Å². The Morgan fingerprint density at radius 2 is 1.58 bits per heavy atom. The van der Waals surface area contributed by atoms with E-state index in [4.69, 9.17) is 0 Å². The summed E-state index contributed by atoms with van der Waals surface area (Å²) < 4.78 is 0. The summed E-state index contributed by atoms with van der Waals surface area (Å²) in [6, 6.07) is 18.4. The number of para-hydroxylation sites is 1. The van der Waals surface area contributed by atoms with E-state index in [1.165, 1.54) is 0 Å². The first kappa shape index (κ1) is 13.1. The fraction of sp³-hybridized carbons (Fsp3) is 0.133. The van der Waals surface area contributed by atoms with Crippen LogP contribution < -0.4 is 10.9 Å². The molecule has 2 aromatic rings. The van der Waals surface area contributed by atoms with Crippen LogP contribution >= 0.6 is 0 Å². The van der Waals surface area contributed by atoms with Gasteiger partial charge in [0.1, 0.15) is 0 Å². The maximum atomic E-state index is 11.7. The van der Waals surface area contributed by atoms with Crippen LogP contribution in [0.25, 0.3) is 0 Å². The van der Waals surface area contributed by atoms with Crippen molar-refractivity contribution < 1.29 is 9.90 Å². The highest BCUT2D eigenvalue weighted by molar-refractivity contribution is 5.78. The Balaban J connectivity index is 1.82. The van der Waals surface area contributed by atoms with Crippen molar-refractivity contribution in [2.75, 3.05) is 5.43 Å². The van der Waals surface area contributed by atoms with E-state index in [2.05, 4.69) is 10.9 Å². The highest BCUT2D eigenvalue weighted by Crippen LogP contribution is 2.15. The minimum Gasteiger partial charge on any atom is -0.388 e. The van der Waals surface area contributed by atoms with Crippen LogP contribution in [0.15, 0.2) is 60.7 Å². The number of hydrogen-bond acceptors (Lipinski definition) is 3. The van der Waals surface area contributed by atoms with Gasteiger partial charge in [-0.3, -0.25) is 15.6 Å². The third-order valence-corrected chi connectivity index (χ3v) is 2.68. The third kappa shape index (κ3) is 4.12. The molecule has 0 spiro atoms. The Kier molecular flexibility index (Phi) is 4.53. The highest BCUT2D eigenvalue weighted by Gasteiger charge is 2.12. The standard InChI is InChI=1S/C15H16N2O2/c18-14(12-7-3-1-4-8-12)11-15(19)17-16-13-9-5-2-6-10-13/h1-10,14,16,18H,11H2,(H,17,19). The lowest BCUT2D eigenvalue weighted by Crippen LogP contribution is -2.30. The average Bonchev–Trinajstić information content (AvgIpc) is 2.47. The molecule has 0 aliphatic rings. The van der Waals surface area contributed by atoms with Gasteiger partial charge < -0.3 is 5.11 Å². The Bertz CT molecular complexity index is 514. The number of anilines is 1. The second kappa shape index (κ2) is 6.56. The fourth-order valence-corrected chi connectivity index (χ4v) is 1.68. The van der Waals surface area contributed by atoms with E-state index in [0.29, 0.717) is 0 Å². The van der Waals surface area contributed by atoms with E-state index in [1.807, 2.05) is 48.5 Å². The van der Waals surface area contributed by atoms with Crippen molar-refractivity contribution >= 4 is 11.6 Å². The first-order valence-electron chi connectivity index (χ1n) is 6.08. The van der Waals surface area contributed by atoms with Gasteiger partial charge in [0.2, 0.25) is 5.91 Å². The molecular formula is C15H16N2O2. The Morgan fingerprint density at radius 3 is 2.21 bits per heavy atom. The normalized spacial score (nSPS) is 11.6. The van der Waals surface area contributed by atoms with Gasteiger partial charge in [-0.25, -0.2) is 0 Å². The molecule has 4 nitrogen and oxygen atoms in total. The summed E-state index contributed by atoms with van der Waals surface area (Å²) in [7, 11) is 0. The molecule has 1 amide bonds. The quantitative estimate of drug-likeness (QED) is 0.719. The minimum absolute atomic E-state index is 0.0177. The topological polar surface area (TPSA) is 61.4 Å². The molecule has 0 radical (unpaired) electrons. The zero-order valence-corrected chi connectivity index (χ0v) is 10.4. The van der Waals surface area contributed by atoms with Crippen molar-refractivity contribution in [3.05, 3.63) is 66.2 Å². The van der Waals surface area contributed by atoms with E-state index >= 15 is 0 Å². The molecule has 4 heteroatoms. The Morgan fingerprint density at radius 1 is 1.00 bits per heavy atom. The van der Waals surface area contributed by atoms with Gasteiger partial charge in [0.05, 0.1) is 18.2 Å². The van der Waals surface area contributed by atoms with Crippen LogP contribution in [-0.2, 0) is 4.79 Å². The van der Waals surface area contributed by atoms with Crippen molar-refractivity contribution in [2.45, 2.75) is 12.5 Å². The van der Waals surface area contributed by atoms with Crippen LogP contribution in [0, 0.1) is 0 Å². The molecule has 98 valence electrons. The van der Waals surface area contributed by atoms with Gasteiger partial charge in [-0.15, -0.1) is 0 Å². The molecule has 0 aliphatic heterocycles. The number of aliphatic hydroxyl groups excluding tert-OH is 1. The van der Waals surface area contributed by atoms with Gasteiger partial charge in [0, 0.05) is 0 Å². The third-order valence-electron chi connectivity index (χ3n) is 2.68. The van der Waals surface area contributed by atoms with E-state index in [1.54, 1.807) is 12.1 Å². The second-order valence-electron chi connectivity index (χ2n) is 4.17. The van der Waals surface area contributed by atoms with E-state index in [0.717, 1.165) is 11.3 Å². The van der Waals surface area contributed by atoms with Gasteiger partial charge in [-0.2, -0.15) is 0 Å².